The minimum atomic E-state index is 0.763. The van der Waals surface area contributed by atoms with Crippen LogP contribution in [0.25, 0.3) is 0 Å². The second-order valence-corrected chi connectivity index (χ2v) is 4.70. The summed E-state index contributed by atoms with van der Waals surface area (Å²) >= 11 is 0. The molecule has 1 heterocycles. The number of fused-ring (bicyclic) bond motifs is 1. The van der Waals surface area contributed by atoms with Crippen LogP contribution < -0.4 is 5.32 Å². The Balaban J connectivity index is 1.77. The number of aryl methyl sites for hydroxylation is 1. The fourth-order valence-corrected chi connectivity index (χ4v) is 2.56. The van der Waals surface area contributed by atoms with Gasteiger partial charge in [-0.05, 0) is 48.9 Å². The van der Waals surface area contributed by atoms with Gasteiger partial charge in [0.1, 0.15) is 6.33 Å². The number of nitrogens with one attached hydrogen (secondary N) is 1. The van der Waals surface area contributed by atoms with Crippen molar-refractivity contribution >= 4 is 5.69 Å². The summed E-state index contributed by atoms with van der Waals surface area (Å²) in [6.07, 6.45) is 8.42. The van der Waals surface area contributed by atoms with E-state index in [0.717, 1.165) is 12.2 Å². The summed E-state index contributed by atoms with van der Waals surface area (Å²) in [5.41, 5.74) is 5.30. The fraction of sp³-hybridized carbons (Fsp3) is 0.333. The van der Waals surface area contributed by atoms with Crippen molar-refractivity contribution in [3.8, 4) is 0 Å². The molecule has 0 spiro atoms. The SMILES string of the molecule is c1cc2c(c(NCc3ccncn3)c1)CCCC2. The third-order valence-corrected chi connectivity index (χ3v) is 3.50. The molecular formula is C15H17N3. The number of rotatable bonds is 3. The Bertz CT molecular complexity index is 523. The maximum absolute atomic E-state index is 4.23. The maximum atomic E-state index is 4.23. The van der Waals surface area contributed by atoms with Crippen molar-refractivity contribution in [1.29, 1.82) is 0 Å². The molecule has 0 radical (unpaired) electrons. The van der Waals surface area contributed by atoms with E-state index in [2.05, 4.69) is 33.5 Å². The third kappa shape index (κ3) is 2.35. The Morgan fingerprint density at radius 3 is 2.94 bits per heavy atom. The molecule has 2 aromatic rings. The van der Waals surface area contributed by atoms with E-state index in [1.807, 2.05) is 6.07 Å². The van der Waals surface area contributed by atoms with Crippen molar-refractivity contribution in [1.82, 2.24) is 9.97 Å². The van der Waals surface area contributed by atoms with Gasteiger partial charge in [-0.3, -0.25) is 0 Å². The van der Waals surface area contributed by atoms with Crippen LogP contribution in [0.4, 0.5) is 5.69 Å². The van der Waals surface area contributed by atoms with E-state index in [4.69, 9.17) is 0 Å². The quantitative estimate of drug-likeness (QED) is 0.894. The van der Waals surface area contributed by atoms with Crippen LogP contribution >= 0.6 is 0 Å². The first kappa shape index (κ1) is 11.2. The van der Waals surface area contributed by atoms with Gasteiger partial charge in [0.15, 0.2) is 0 Å². The molecule has 0 atom stereocenters. The molecule has 3 heteroatoms. The molecule has 1 aromatic heterocycles. The molecule has 0 fully saturated rings. The summed E-state index contributed by atoms with van der Waals surface area (Å²) < 4.78 is 0. The van der Waals surface area contributed by atoms with E-state index in [1.54, 1.807) is 12.5 Å². The van der Waals surface area contributed by atoms with Crippen molar-refractivity contribution < 1.29 is 0 Å². The molecule has 0 amide bonds. The second-order valence-electron chi connectivity index (χ2n) is 4.70. The van der Waals surface area contributed by atoms with E-state index in [1.165, 1.54) is 42.5 Å². The van der Waals surface area contributed by atoms with Crippen LogP contribution in [0.2, 0.25) is 0 Å². The summed E-state index contributed by atoms with van der Waals surface area (Å²) in [6.45, 7) is 0.763. The number of hydrogen-bond acceptors (Lipinski definition) is 3. The predicted octanol–water partition coefficient (Wildman–Crippen LogP) is 2.97. The Morgan fingerprint density at radius 1 is 1.11 bits per heavy atom. The lowest BCUT2D eigenvalue weighted by Crippen LogP contribution is -2.09. The zero-order chi connectivity index (χ0) is 12.2. The van der Waals surface area contributed by atoms with Crippen molar-refractivity contribution in [2.24, 2.45) is 0 Å². The average Bonchev–Trinajstić information content (AvgIpc) is 2.46. The smallest absolute Gasteiger partial charge is 0.115 e. The fourth-order valence-electron chi connectivity index (χ4n) is 2.56. The topological polar surface area (TPSA) is 37.8 Å². The van der Waals surface area contributed by atoms with Crippen LogP contribution in [-0.2, 0) is 19.4 Å². The summed E-state index contributed by atoms with van der Waals surface area (Å²) in [5, 5.41) is 3.50. The molecule has 92 valence electrons. The highest BCUT2D eigenvalue weighted by Crippen LogP contribution is 2.27. The standard InChI is InChI=1S/C15H17N3/c1-2-6-14-12(4-1)5-3-7-15(14)17-10-13-8-9-16-11-18-13/h3,5,7-9,11,17H,1-2,4,6,10H2. The molecule has 3 nitrogen and oxygen atoms in total. The van der Waals surface area contributed by atoms with Crippen molar-refractivity contribution in [2.75, 3.05) is 5.32 Å². The first-order valence-corrected chi connectivity index (χ1v) is 6.53. The van der Waals surface area contributed by atoms with Crippen LogP contribution in [0.3, 0.4) is 0 Å². The van der Waals surface area contributed by atoms with Gasteiger partial charge in [-0.1, -0.05) is 12.1 Å². The normalized spacial score (nSPS) is 14.0. The number of hydrogen-bond donors (Lipinski definition) is 1. The van der Waals surface area contributed by atoms with Gasteiger partial charge in [-0.15, -0.1) is 0 Å². The Kier molecular flexibility index (Phi) is 3.22. The van der Waals surface area contributed by atoms with Gasteiger partial charge in [0.2, 0.25) is 0 Å². The summed E-state index contributed by atoms with van der Waals surface area (Å²) in [6, 6.07) is 8.52. The minimum Gasteiger partial charge on any atom is -0.379 e. The number of nitrogens with zero attached hydrogens (tertiary/aromatic N) is 2. The van der Waals surface area contributed by atoms with E-state index in [0.29, 0.717) is 0 Å². The monoisotopic (exact) mass is 239 g/mol. The lowest BCUT2D eigenvalue weighted by atomic mass is 9.90. The summed E-state index contributed by atoms with van der Waals surface area (Å²) in [7, 11) is 0. The van der Waals surface area contributed by atoms with Crippen LogP contribution in [0, 0.1) is 0 Å². The van der Waals surface area contributed by atoms with Crippen LogP contribution in [-0.4, -0.2) is 9.97 Å². The lowest BCUT2D eigenvalue weighted by molar-refractivity contribution is 0.686. The summed E-state index contributed by atoms with van der Waals surface area (Å²) in [5.74, 6) is 0. The molecule has 0 saturated carbocycles. The first-order valence-electron chi connectivity index (χ1n) is 6.53. The van der Waals surface area contributed by atoms with Crippen LogP contribution in [0.15, 0.2) is 36.8 Å². The van der Waals surface area contributed by atoms with E-state index in [-0.39, 0.29) is 0 Å². The van der Waals surface area contributed by atoms with Crippen molar-refractivity contribution in [3.63, 3.8) is 0 Å². The molecular weight excluding hydrogens is 222 g/mol. The molecule has 1 aliphatic rings. The molecule has 0 aliphatic heterocycles. The molecule has 18 heavy (non-hydrogen) atoms. The minimum absolute atomic E-state index is 0.763. The van der Waals surface area contributed by atoms with Gasteiger partial charge in [0.25, 0.3) is 0 Å². The Labute approximate surface area is 107 Å². The average molecular weight is 239 g/mol. The first-order chi connectivity index (χ1) is 8.93. The molecule has 3 rings (SSSR count). The number of aromatic nitrogens is 2. The number of anilines is 1. The highest BCUT2D eigenvalue weighted by atomic mass is 14.9. The van der Waals surface area contributed by atoms with E-state index in [9.17, 15) is 0 Å². The van der Waals surface area contributed by atoms with E-state index >= 15 is 0 Å². The van der Waals surface area contributed by atoms with Crippen LogP contribution in [0.1, 0.15) is 29.7 Å². The summed E-state index contributed by atoms with van der Waals surface area (Å²) in [4.78, 5) is 8.16. The molecule has 0 bridgehead atoms. The third-order valence-electron chi connectivity index (χ3n) is 3.50. The molecule has 1 N–H and O–H groups in total. The van der Waals surface area contributed by atoms with E-state index < -0.39 is 0 Å². The second kappa shape index (κ2) is 5.17. The molecule has 0 unspecified atom stereocenters. The van der Waals surface area contributed by atoms with Gasteiger partial charge in [0, 0.05) is 11.9 Å². The van der Waals surface area contributed by atoms with Gasteiger partial charge in [-0.2, -0.15) is 0 Å². The van der Waals surface area contributed by atoms with Gasteiger partial charge in [-0.25, -0.2) is 9.97 Å². The van der Waals surface area contributed by atoms with Crippen molar-refractivity contribution in [3.05, 3.63) is 53.6 Å². The highest BCUT2D eigenvalue weighted by Gasteiger charge is 2.12. The molecule has 0 saturated heterocycles. The molecule has 1 aromatic carbocycles. The lowest BCUT2D eigenvalue weighted by Gasteiger charge is -2.20. The maximum Gasteiger partial charge on any atom is 0.115 e. The Morgan fingerprint density at radius 2 is 2.06 bits per heavy atom. The zero-order valence-electron chi connectivity index (χ0n) is 10.4. The van der Waals surface area contributed by atoms with Crippen molar-refractivity contribution in [2.45, 2.75) is 32.2 Å². The largest absolute Gasteiger partial charge is 0.379 e. The Hall–Kier alpha value is -1.90. The van der Waals surface area contributed by atoms with Gasteiger partial charge >= 0.3 is 0 Å². The van der Waals surface area contributed by atoms with Gasteiger partial charge < -0.3 is 5.32 Å². The highest BCUT2D eigenvalue weighted by molar-refractivity contribution is 5.55. The van der Waals surface area contributed by atoms with Gasteiger partial charge in [0.05, 0.1) is 12.2 Å². The molecule has 1 aliphatic carbocycles. The zero-order valence-corrected chi connectivity index (χ0v) is 10.4. The number of benzene rings is 1. The van der Waals surface area contributed by atoms with Crippen LogP contribution in [0.5, 0.6) is 0 Å². The predicted molar refractivity (Wildman–Crippen MR) is 72.4 cm³/mol.